The summed E-state index contributed by atoms with van der Waals surface area (Å²) in [4.78, 5) is 0. The third kappa shape index (κ3) is 8.88. The molecule has 2 nitrogen and oxygen atoms in total. The van der Waals surface area contributed by atoms with Gasteiger partial charge in [-0.15, -0.1) is 0 Å². The van der Waals surface area contributed by atoms with E-state index in [4.69, 9.17) is 5.11 Å². The maximum absolute atomic E-state index is 8.94. The molecule has 0 aromatic carbocycles. The summed E-state index contributed by atoms with van der Waals surface area (Å²) in [6.07, 6.45) is 8.39. The van der Waals surface area contributed by atoms with E-state index >= 15 is 0 Å². The van der Waals surface area contributed by atoms with Crippen LogP contribution in [-0.2, 0) is 0 Å². The fourth-order valence-electron chi connectivity index (χ4n) is 1.65. The Morgan fingerprint density at radius 2 is 1.53 bits per heavy atom. The summed E-state index contributed by atoms with van der Waals surface area (Å²) < 4.78 is 0. The van der Waals surface area contributed by atoms with Crippen LogP contribution in [0.15, 0.2) is 0 Å². The van der Waals surface area contributed by atoms with Gasteiger partial charge in [-0.25, -0.2) is 0 Å². The number of nitrogens with one attached hydrogen (secondary N) is 1. The summed E-state index contributed by atoms with van der Waals surface area (Å²) in [5.74, 6) is 0.458. The van der Waals surface area contributed by atoms with Crippen molar-refractivity contribution in [3.63, 3.8) is 0 Å². The first-order chi connectivity index (χ1) is 7.22. The summed E-state index contributed by atoms with van der Waals surface area (Å²) in [6.45, 7) is 8.31. The molecule has 15 heavy (non-hydrogen) atoms. The molecule has 1 saturated heterocycles. The third-order valence-electron chi connectivity index (χ3n) is 2.93. The van der Waals surface area contributed by atoms with E-state index < -0.39 is 0 Å². The molecule has 2 unspecified atom stereocenters. The molecule has 2 heteroatoms. The first kappa shape index (κ1) is 14.9. The van der Waals surface area contributed by atoms with E-state index in [9.17, 15) is 0 Å². The number of unbranched alkanes of at least 4 members (excludes halogenated alkanes) is 5. The molecule has 0 saturated carbocycles. The molecule has 0 bridgehead atoms. The van der Waals surface area contributed by atoms with Gasteiger partial charge >= 0.3 is 0 Å². The van der Waals surface area contributed by atoms with Crippen molar-refractivity contribution in [2.24, 2.45) is 5.92 Å². The molecule has 0 aromatic rings. The first-order valence-electron chi connectivity index (χ1n) is 6.61. The number of aliphatic hydroxyl groups is 1. The number of rotatable bonds is 5. The largest absolute Gasteiger partial charge is 0.391 e. The highest BCUT2D eigenvalue weighted by molar-refractivity contribution is 4.75. The van der Waals surface area contributed by atoms with Gasteiger partial charge in [-0.2, -0.15) is 0 Å². The summed E-state index contributed by atoms with van der Waals surface area (Å²) in [7, 11) is 0. The zero-order valence-corrected chi connectivity index (χ0v) is 10.8. The highest BCUT2D eigenvalue weighted by atomic mass is 16.3. The molecular formula is C13H29NO. The van der Waals surface area contributed by atoms with E-state index in [0.29, 0.717) is 5.92 Å². The van der Waals surface area contributed by atoms with E-state index in [2.05, 4.69) is 19.2 Å². The Morgan fingerprint density at radius 1 is 1.00 bits per heavy atom. The average molecular weight is 215 g/mol. The van der Waals surface area contributed by atoms with Gasteiger partial charge in [-0.3, -0.25) is 0 Å². The van der Waals surface area contributed by atoms with Gasteiger partial charge in [0.1, 0.15) is 0 Å². The highest BCUT2D eigenvalue weighted by Crippen LogP contribution is 2.05. The molecule has 2 atom stereocenters. The van der Waals surface area contributed by atoms with Crippen molar-refractivity contribution in [3.8, 4) is 0 Å². The van der Waals surface area contributed by atoms with Gasteiger partial charge in [0.2, 0.25) is 0 Å². The zero-order chi connectivity index (χ0) is 11.5. The van der Waals surface area contributed by atoms with Crippen LogP contribution in [0, 0.1) is 5.92 Å². The minimum Gasteiger partial charge on any atom is -0.391 e. The topological polar surface area (TPSA) is 32.3 Å². The molecule has 1 fully saturated rings. The normalized spacial score (nSPS) is 24.8. The van der Waals surface area contributed by atoms with Crippen molar-refractivity contribution in [1.82, 2.24) is 5.32 Å². The van der Waals surface area contributed by atoms with Gasteiger partial charge in [0.15, 0.2) is 0 Å². The highest BCUT2D eigenvalue weighted by Gasteiger charge is 2.18. The SMILES string of the molecule is CC1CNCC1O.CCCCCCCC. The predicted octanol–water partition coefficient (Wildman–Crippen LogP) is 2.95. The van der Waals surface area contributed by atoms with Crippen molar-refractivity contribution in [2.75, 3.05) is 13.1 Å². The summed E-state index contributed by atoms with van der Waals surface area (Å²) in [5.41, 5.74) is 0. The Kier molecular flexibility index (Phi) is 10.4. The third-order valence-corrected chi connectivity index (χ3v) is 2.93. The fraction of sp³-hybridized carbons (Fsp3) is 1.00. The first-order valence-corrected chi connectivity index (χ1v) is 6.61. The van der Waals surface area contributed by atoms with Crippen molar-refractivity contribution in [3.05, 3.63) is 0 Å². The van der Waals surface area contributed by atoms with Crippen LogP contribution in [0.5, 0.6) is 0 Å². The average Bonchev–Trinajstić information content (AvgIpc) is 2.60. The number of aliphatic hydroxyl groups excluding tert-OH is 1. The lowest BCUT2D eigenvalue weighted by molar-refractivity contribution is 0.156. The number of hydrogen-bond donors (Lipinski definition) is 2. The molecular weight excluding hydrogens is 186 g/mol. The second-order valence-corrected chi connectivity index (χ2v) is 4.62. The summed E-state index contributed by atoms with van der Waals surface area (Å²) >= 11 is 0. The Bertz CT molecular complexity index is 114. The van der Waals surface area contributed by atoms with Crippen molar-refractivity contribution in [2.45, 2.75) is 65.4 Å². The molecule has 0 aliphatic carbocycles. The standard InChI is InChI=1S/C8H18.C5H11NO/c1-3-5-7-8-6-4-2;1-4-2-6-3-5(4)7/h3-8H2,1-2H3;4-7H,2-3H2,1H3. The van der Waals surface area contributed by atoms with E-state index in [1.165, 1.54) is 38.5 Å². The van der Waals surface area contributed by atoms with Gasteiger partial charge in [-0.1, -0.05) is 59.3 Å². The number of β-amino-alcohol motifs (C(OH)–C–C–N with tert-alkyl or cyclic N) is 1. The monoisotopic (exact) mass is 215 g/mol. The smallest absolute Gasteiger partial charge is 0.0702 e. The lowest BCUT2D eigenvalue weighted by atomic mass is 10.1. The van der Waals surface area contributed by atoms with E-state index in [1.807, 2.05) is 6.92 Å². The van der Waals surface area contributed by atoms with Crippen LogP contribution in [0.1, 0.15) is 59.3 Å². The van der Waals surface area contributed by atoms with E-state index in [1.54, 1.807) is 0 Å². The second kappa shape index (κ2) is 10.4. The van der Waals surface area contributed by atoms with Gasteiger partial charge < -0.3 is 10.4 Å². The molecule has 1 rings (SSSR count). The second-order valence-electron chi connectivity index (χ2n) is 4.62. The molecule has 0 radical (unpaired) electrons. The number of hydrogen-bond acceptors (Lipinski definition) is 2. The molecule has 1 aliphatic heterocycles. The van der Waals surface area contributed by atoms with Crippen molar-refractivity contribution >= 4 is 0 Å². The maximum Gasteiger partial charge on any atom is 0.0702 e. The molecule has 1 heterocycles. The van der Waals surface area contributed by atoms with Crippen LogP contribution in [0.3, 0.4) is 0 Å². The molecule has 0 aromatic heterocycles. The Hall–Kier alpha value is -0.0800. The van der Waals surface area contributed by atoms with E-state index in [-0.39, 0.29) is 6.10 Å². The zero-order valence-electron chi connectivity index (χ0n) is 10.8. The van der Waals surface area contributed by atoms with Gasteiger partial charge in [0, 0.05) is 13.1 Å². The Balaban J connectivity index is 0.000000262. The molecule has 1 aliphatic rings. The fourth-order valence-corrected chi connectivity index (χ4v) is 1.65. The quantitative estimate of drug-likeness (QED) is 0.691. The molecule has 2 N–H and O–H groups in total. The van der Waals surface area contributed by atoms with Crippen LogP contribution in [0.25, 0.3) is 0 Å². The van der Waals surface area contributed by atoms with Gasteiger partial charge in [0.05, 0.1) is 6.10 Å². The van der Waals surface area contributed by atoms with Crippen LogP contribution in [-0.4, -0.2) is 24.3 Å². The maximum atomic E-state index is 8.94. The lowest BCUT2D eigenvalue weighted by Crippen LogP contribution is -2.14. The van der Waals surface area contributed by atoms with Crippen molar-refractivity contribution in [1.29, 1.82) is 0 Å². The van der Waals surface area contributed by atoms with Crippen LogP contribution in [0.4, 0.5) is 0 Å². The van der Waals surface area contributed by atoms with Gasteiger partial charge in [-0.05, 0) is 5.92 Å². The molecule has 92 valence electrons. The van der Waals surface area contributed by atoms with Crippen molar-refractivity contribution < 1.29 is 5.11 Å². The molecule has 0 spiro atoms. The predicted molar refractivity (Wildman–Crippen MR) is 67.1 cm³/mol. The van der Waals surface area contributed by atoms with Crippen LogP contribution < -0.4 is 5.32 Å². The van der Waals surface area contributed by atoms with Gasteiger partial charge in [0.25, 0.3) is 0 Å². The minimum atomic E-state index is -0.0972. The van der Waals surface area contributed by atoms with Crippen LogP contribution >= 0.6 is 0 Å². The minimum absolute atomic E-state index is 0.0972. The Labute approximate surface area is 95.5 Å². The van der Waals surface area contributed by atoms with E-state index in [0.717, 1.165) is 13.1 Å². The molecule has 0 amide bonds. The lowest BCUT2D eigenvalue weighted by Gasteiger charge is -2.02. The summed E-state index contributed by atoms with van der Waals surface area (Å²) in [6, 6.07) is 0. The Morgan fingerprint density at radius 3 is 1.73 bits per heavy atom. The van der Waals surface area contributed by atoms with Crippen LogP contribution in [0.2, 0.25) is 0 Å². The summed E-state index contributed by atoms with van der Waals surface area (Å²) in [5, 5.41) is 12.0.